The SMILES string of the molecule is Cc1nc(Nc2cccc(F)c2)c2ccccc2c1-c1ccncc1. The average molecular weight is 329 g/mol. The third-order valence-corrected chi connectivity index (χ3v) is 4.15. The lowest BCUT2D eigenvalue weighted by atomic mass is 9.98. The van der Waals surface area contributed by atoms with Gasteiger partial charge in [0.05, 0.1) is 0 Å². The summed E-state index contributed by atoms with van der Waals surface area (Å²) in [6.45, 7) is 1.99. The predicted molar refractivity (Wildman–Crippen MR) is 99.4 cm³/mol. The molecule has 0 bridgehead atoms. The fourth-order valence-corrected chi connectivity index (χ4v) is 3.07. The van der Waals surface area contributed by atoms with Crippen molar-refractivity contribution in [3.63, 3.8) is 0 Å². The number of nitrogens with zero attached hydrogens (tertiary/aromatic N) is 2. The van der Waals surface area contributed by atoms with E-state index in [4.69, 9.17) is 4.98 Å². The number of fused-ring (bicyclic) bond motifs is 1. The minimum Gasteiger partial charge on any atom is -0.340 e. The first kappa shape index (κ1) is 15.3. The largest absolute Gasteiger partial charge is 0.340 e. The average Bonchev–Trinajstić information content (AvgIpc) is 2.63. The second-order valence-electron chi connectivity index (χ2n) is 5.84. The first-order valence-corrected chi connectivity index (χ1v) is 8.05. The van der Waals surface area contributed by atoms with Crippen molar-refractivity contribution in [2.45, 2.75) is 6.92 Å². The summed E-state index contributed by atoms with van der Waals surface area (Å²) in [5, 5.41) is 5.33. The van der Waals surface area contributed by atoms with Crippen molar-refractivity contribution in [1.29, 1.82) is 0 Å². The molecule has 0 radical (unpaired) electrons. The van der Waals surface area contributed by atoms with E-state index in [1.54, 1.807) is 18.5 Å². The number of rotatable bonds is 3. The van der Waals surface area contributed by atoms with Crippen LogP contribution in [0.25, 0.3) is 21.9 Å². The standard InChI is InChI=1S/C21H16FN3/c1-14-20(15-9-11-23-12-10-15)18-7-2-3-8-19(18)21(24-14)25-17-6-4-5-16(22)13-17/h2-13H,1H3,(H,24,25). The molecule has 4 heteroatoms. The summed E-state index contributed by atoms with van der Waals surface area (Å²) in [7, 11) is 0. The van der Waals surface area contributed by atoms with E-state index in [2.05, 4.69) is 16.4 Å². The molecule has 0 aliphatic heterocycles. The molecule has 4 aromatic rings. The van der Waals surface area contributed by atoms with Crippen LogP contribution >= 0.6 is 0 Å². The Balaban J connectivity index is 1.90. The monoisotopic (exact) mass is 329 g/mol. The minimum atomic E-state index is -0.278. The number of benzene rings is 2. The van der Waals surface area contributed by atoms with Gasteiger partial charge in [0, 0.05) is 34.7 Å². The van der Waals surface area contributed by atoms with Crippen molar-refractivity contribution in [2.75, 3.05) is 5.32 Å². The molecule has 0 aliphatic carbocycles. The zero-order chi connectivity index (χ0) is 17.2. The van der Waals surface area contributed by atoms with Gasteiger partial charge < -0.3 is 5.32 Å². The molecule has 122 valence electrons. The Morgan fingerprint density at radius 3 is 2.40 bits per heavy atom. The Morgan fingerprint density at radius 2 is 1.64 bits per heavy atom. The van der Waals surface area contributed by atoms with E-state index < -0.39 is 0 Å². The molecule has 0 atom stereocenters. The van der Waals surface area contributed by atoms with Crippen molar-refractivity contribution < 1.29 is 4.39 Å². The highest BCUT2D eigenvalue weighted by Gasteiger charge is 2.13. The minimum absolute atomic E-state index is 0.278. The molecule has 2 heterocycles. The van der Waals surface area contributed by atoms with Crippen LogP contribution in [0.1, 0.15) is 5.69 Å². The van der Waals surface area contributed by atoms with E-state index in [0.717, 1.165) is 33.4 Å². The Kier molecular flexibility index (Phi) is 3.86. The summed E-state index contributed by atoms with van der Waals surface area (Å²) in [6, 6.07) is 18.4. The van der Waals surface area contributed by atoms with Gasteiger partial charge in [0.25, 0.3) is 0 Å². The van der Waals surface area contributed by atoms with Crippen LogP contribution in [0.2, 0.25) is 0 Å². The second kappa shape index (κ2) is 6.32. The summed E-state index contributed by atoms with van der Waals surface area (Å²) < 4.78 is 13.5. The topological polar surface area (TPSA) is 37.8 Å². The summed E-state index contributed by atoms with van der Waals surface area (Å²) in [5.41, 5.74) is 3.74. The van der Waals surface area contributed by atoms with Gasteiger partial charge in [-0.25, -0.2) is 9.37 Å². The lowest BCUT2D eigenvalue weighted by Gasteiger charge is -2.15. The van der Waals surface area contributed by atoms with E-state index in [0.29, 0.717) is 5.69 Å². The highest BCUT2D eigenvalue weighted by atomic mass is 19.1. The Bertz CT molecular complexity index is 1050. The van der Waals surface area contributed by atoms with Crippen molar-refractivity contribution in [3.8, 4) is 11.1 Å². The summed E-state index contributed by atoms with van der Waals surface area (Å²) >= 11 is 0. The Labute approximate surface area is 145 Å². The molecule has 2 aromatic carbocycles. The predicted octanol–water partition coefficient (Wildman–Crippen LogP) is 5.49. The van der Waals surface area contributed by atoms with E-state index >= 15 is 0 Å². The number of hydrogen-bond acceptors (Lipinski definition) is 3. The molecule has 0 saturated carbocycles. The molecule has 3 nitrogen and oxygen atoms in total. The van der Waals surface area contributed by atoms with Crippen LogP contribution in [0.5, 0.6) is 0 Å². The number of anilines is 2. The van der Waals surface area contributed by atoms with Crippen LogP contribution in [0.3, 0.4) is 0 Å². The van der Waals surface area contributed by atoms with Crippen LogP contribution in [0, 0.1) is 12.7 Å². The van der Waals surface area contributed by atoms with Crippen LogP contribution < -0.4 is 5.32 Å². The lowest BCUT2D eigenvalue weighted by Crippen LogP contribution is -1.99. The number of pyridine rings is 2. The number of aromatic nitrogens is 2. The molecular weight excluding hydrogens is 313 g/mol. The molecule has 0 spiro atoms. The third-order valence-electron chi connectivity index (χ3n) is 4.15. The van der Waals surface area contributed by atoms with Gasteiger partial charge in [-0.15, -0.1) is 0 Å². The van der Waals surface area contributed by atoms with E-state index in [9.17, 15) is 4.39 Å². The highest BCUT2D eigenvalue weighted by Crippen LogP contribution is 2.35. The maximum absolute atomic E-state index is 13.5. The molecule has 1 N–H and O–H groups in total. The van der Waals surface area contributed by atoms with Gasteiger partial charge in [-0.3, -0.25) is 4.98 Å². The van der Waals surface area contributed by atoms with Gasteiger partial charge in [-0.05, 0) is 48.2 Å². The molecule has 4 rings (SSSR count). The third kappa shape index (κ3) is 2.94. The molecule has 0 aliphatic rings. The lowest BCUT2D eigenvalue weighted by molar-refractivity contribution is 0.628. The number of aryl methyl sites for hydroxylation is 1. The number of halogens is 1. The molecule has 0 unspecified atom stereocenters. The molecule has 2 aromatic heterocycles. The van der Waals surface area contributed by atoms with Crippen molar-refractivity contribution in [1.82, 2.24) is 9.97 Å². The van der Waals surface area contributed by atoms with E-state index in [1.165, 1.54) is 12.1 Å². The van der Waals surface area contributed by atoms with Gasteiger partial charge in [0.1, 0.15) is 11.6 Å². The zero-order valence-electron chi connectivity index (χ0n) is 13.7. The van der Waals surface area contributed by atoms with Gasteiger partial charge in [-0.1, -0.05) is 30.3 Å². The van der Waals surface area contributed by atoms with Crippen LogP contribution in [0.4, 0.5) is 15.9 Å². The van der Waals surface area contributed by atoms with E-state index in [1.807, 2.05) is 43.3 Å². The fraction of sp³-hybridized carbons (Fsp3) is 0.0476. The molecule has 0 fully saturated rings. The first-order valence-electron chi connectivity index (χ1n) is 8.05. The summed E-state index contributed by atoms with van der Waals surface area (Å²) in [6.07, 6.45) is 3.56. The molecule has 25 heavy (non-hydrogen) atoms. The smallest absolute Gasteiger partial charge is 0.138 e. The Hall–Kier alpha value is -3.27. The normalized spacial score (nSPS) is 10.8. The van der Waals surface area contributed by atoms with Crippen molar-refractivity contribution in [2.24, 2.45) is 0 Å². The van der Waals surface area contributed by atoms with Crippen LogP contribution in [0.15, 0.2) is 73.1 Å². The van der Waals surface area contributed by atoms with Crippen molar-refractivity contribution in [3.05, 3.63) is 84.6 Å². The molecule has 0 amide bonds. The van der Waals surface area contributed by atoms with Gasteiger partial charge in [-0.2, -0.15) is 0 Å². The van der Waals surface area contributed by atoms with E-state index in [-0.39, 0.29) is 5.82 Å². The Morgan fingerprint density at radius 1 is 0.880 bits per heavy atom. The molecular formula is C21H16FN3. The maximum atomic E-state index is 13.5. The second-order valence-corrected chi connectivity index (χ2v) is 5.84. The van der Waals surface area contributed by atoms with Crippen molar-refractivity contribution >= 4 is 22.3 Å². The quantitative estimate of drug-likeness (QED) is 0.540. The first-order chi connectivity index (χ1) is 12.2. The van der Waals surface area contributed by atoms with Gasteiger partial charge >= 0.3 is 0 Å². The van der Waals surface area contributed by atoms with Crippen LogP contribution in [-0.4, -0.2) is 9.97 Å². The maximum Gasteiger partial charge on any atom is 0.138 e. The molecule has 0 saturated heterocycles. The number of hydrogen-bond donors (Lipinski definition) is 1. The number of nitrogens with one attached hydrogen (secondary N) is 1. The van der Waals surface area contributed by atoms with Gasteiger partial charge in [0.15, 0.2) is 0 Å². The summed E-state index contributed by atoms with van der Waals surface area (Å²) in [4.78, 5) is 8.84. The highest BCUT2D eigenvalue weighted by molar-refractivity contribution is 6.03. The van der Waals surface area contributed by atoms with Crippen LogP contribution in [-0.2, 0) is 0 Å². The summed E-state index contributed by atoms with van der Waals surface area (Å²) in [5.74, 6) is 0.441. The van der Waals surface area contributed by atoms with Gasteiger partial charge in [0.2, 0.25) is 0 Å². The fourth-order valence-electron chi connectivity index (χ4n) is 3.07. The zero-order valence-corrected chi connectivity index (χ0v) is 13.7.